The van der Waals surface area contributed by atoms with E-state index in [1.807, 2.05) is 24.3 Å². The predicted octanol–water partition coefficient (Wildman–Crippen LogP) is 1.52. The highest BCUT2D eigenvalue weighted by atomic mass is 16.4. The number of benzene rings is 1. The standard InChI is InChI=1S/C18H20N4O4/c1-2-12-3-5-14(6-4-12)22-10-13(9-16(22)23)18(26)19-15-7-8-21(20-15)11-17(24)25/h3-8,13H,2,9-11H2,1H3,(H,24,25)(H,19,20,26)/t13-/m0/s1. The van der Waals surface area contributed by atoms with Gasteiger partial charge in [-0.2, -0.15) is 5.10 Å². The van der Waals surface area contributed by atoms with Crippen LogP contribution in [-0.4, -0.2) is 39.2 Å². The minimum Gasteiger partial charge on any atom is -0.480 e. The normalized spacial score (nSPS) is 16.7. The highest BCUT2D eigenvalue weighted by molar-refractivity contribution is 6.03. The molecule has 1 aromatic carbocycles. The van der Waals surface area contributed by atoms with Crippen LogP contribution in [0.5, 0.6) is 0 Å². The molecule has 2 heterocycles. The predicted molar refractivity (Wildman–Crippen MR) is 94.8 cm³/mol. The molecule has 1 saturated heterocycles. The first-order valence-corrected chi connectivity index (χ1v) is 8.41. The molecule has 2 amide bonds. The molecule has 2 N–H and O–H groups in total. The van der Waals surface area contributed by atoms with Crippen LogP contribution >= 0.6 is 0 Å². The molecule has 8 heteroatoms. The van der Waals surface area contributed by atoms with Crippen molar-refractivity contribution in [1.82, 2.24) is 9.78 Å². The van der Waals surface area contributed by atoms with Gasteiger partial charge in [-0.1, -0.05) is 19.1 Å². The SMILES string of the molecule is CCc1ccc(N2C[C@@H](C(=O)Nc3ccn(CC(=O)O)n3)CC2=O)cc1. The van der Waals surface area contributed by atoms with E-state index in [2.05, 4.69) is 17.3 Å². The molecule has 1 aliphatic heterocycles. The summed E-state index contributed by atoms with van der Waals surface area (Å²) >= 11 is 0. The molecule has 26 heavy (non-hydrogen) atoms. The quantitative estimate of drug-likeness (QED) is 0.817. The Kier molecular flexibility index (Phi) is 5.01. The summed E-state index contributed by atoms with van der Waals surface area (Å²) in [6, 6.07) is 9.27. The van der Waals surface area contributed by atoms with Crippen molar-refractivity contribution in [1.29, 1.82) is 0 Å². The topological polar surface area (TPSA) is 105 Å². The van der Waals surface area contributed by atoms with Gasteiger partial charge >= 0.3 is 5.97 Å². The van der Waals surface area contributed by atoms with Crippen LogP contribution in [0.25, 0.3) is 0 Å². The molecule has 1 fully saturated rings. The van der Waals surface area contributed by atoms with Crippen molar-refractivity contribution in [3.05, 3.63) is 42.1 Å². The molecule has 2 aromatic rings. The summed E-state index contributed by atoms with van der Waals surface area (Å²) in [5.74, 6) is -1.61. The van der Waals surface area contributed by atoms with E-state index in [4.69, 9.17) is 5.11 Å². The van der Waals surface area contributed by atoms with Crippen molar-refractivity contribution < 1.29 is 19.5 Å². The van der Waals surface area contributed by atoms with Crippen molar-refractivity contribution in [3.63, 3.8) is 0 Å². The van der Waals surface area contributed by atoms with Crippen LogP contribution < -0.4 is 10.2 Å². The molecule has 0 bridgehead atoms. The van der Waals surface area contributed by atoms with Crippen LogP contribution in [0.3, 0.4) is 0 Å². The number of anilines is 2. The van der Waals surface area contributed by atoms with Gasteiger partial charge in [-0.25, -0.2) is 0 Å². The van der Waals surface area contributed by atoms with Gasteiger partial charge in [0.15, 0.2) is 5.82 Å². The average molecular weight is 356 g/mol. The summed E-state index contributed by atoms with van der Waals surface area (Å²) < 4.78 is 1.22. The second-order valence-electron chi connectivity index (χ2n) is 6.21. The zero-order valence-electron chi connectivity index (χ0n) is 14.4. The van der Waals surface area contributed by atoms with Gasteiger partial charge < -0.3 is 15.3 Å². The number of carboxylic acids is 1. The van der Waals surface area contributed by atoms with Gasteiger partial charge in [0, 0.05) is 30.9 Å². The third-order valence-electron chi connectivity index (χ3n) is 4.34. The van der Waals surface area contributed by atoms with Crippen LogP contribution in [-0.2, 0) is 27.3 Å². The number of carbonyl (C=O) groups is 3. The zero-order chi connectivity index (χ0) is 18.7. The van der Waals surface area contributed by atoms with E-state index < -0.39 is 11.9 Å². The second kappa shape index (κ2) is 7.38. The Morgan fingerprint density at radius 3 is 2.65 bits per heavy atom. The van der Waals surface area contributed by atoms with Crippen LogP contribution in [0.4, 0.5) is 11.5 Å². The molecular weight excluding hydrogens is 336 g/mol. The molecule has 3 rings (SSSR count). The maximum absolute atomic E-state index is 12.4. The molecule has 1 aliphatic rings. The lowest BCUT2D eigenvalue weighted by Crippen LogP contribution is -2.28. The third-order valence-corrected chi connectivity index (χ3v) is 4.34. The highest BCUT2D eigenvalue weighted by Crippen LogP contribution is 2.26. The van der Waals surface area contributed by atoms with E-state index >= 15 is 0 Å². The largest absolute Gasteiger partial charge is 0.480 e. The number of hydrogen-bond donors (Lipinski definition) is 2. The molecule has 0 radical (unpaired) electrons. The van der Waals surface area contributed by atoms with Gasteiger partial charge in [0.05, 0.1) is 5.92 Å². The molecule has 136 valence electrons. The number of nitrogens with zero attached hydrogens (tertiary/aromatic N) is 3. The zero-order valence-corrected chi connectivity index (χ0v) is 14.4. The fraction of sp³-hybridized carbons (Fsp3) is 0.333. The summed E-state index contributed by atoms with van der Waals surface area (Å²) in [7, 11) is 0. The number of rotatable bonds is 6. The Morgan fingerprint density at radius 1 is 1.27 bits per heavy atom. The summed E-state index contributed by atoms with van der Waals surface area (Å²) in [6.45, 7) is 2.10. The molecule has 0 spiro atoms. The Morgan fingerprint density at radius 2 is 2.00 bits per heavy atom. The summed E-state index contributed by atoms with van der Waals surface area (Å²) in [5, 5.41) is 15.4. The number of aromatic nitrogens is 2. The first-order chi connectivity index (χ1) is 12.5. The van der Waals surface area contributed by atoms with Crippen molar-refractivity contribution >= 4 is 29.3 Å². The van der Waals surface area contributed by atoms with Gasteiger partial charge in [-0.05, 0) is 24.1 Å². The summed E-state index contributed by atoms with van der Waals surface area (Å²) in [6.07, 6.45) is 2.54. The Balaban J connectivity index is 1.63. The molecule has 1 aromatic heterocycles. The van der Waals surface area contributed by atoms with E-state index in [9.17, 15) is 14.4 Å². The van der Waals surface area contributed by atoms with E-state index in [0.29, 0.717) is 6.54 Å². The minimum absolute atomic E-state index is 0.0918. The number of aliphatic carboxylic acids is 1. The van der Waals surface area contributed by atoms with Crippen LogP contribution in [0.2, 0.25) is 0 Å². The fourth-order valence-corrected chi connectivity index (χ4v) is 2.93. The smallest absolute Gasteiger partial charge is 0.325 e. The minimum atomic E-state index is -1.02. The van der Waals surface area contributed by atoms with E-state index in [-0.39, 0.29) is 30.6 Å². The van der Waals surface area contributed by atoms with Crippen LogP contribution in [0, 0.1) is 5.92 Å². The summed E-state index contributed by atoms with van der Waals surface area (Å²) in [5.41, 5.74) is 1.97. The van der Waals surface area contributed by atoms with Crippen molar-refractivity contribution in [2.75, 3.05) is 16.8 Å². The van der Waals surface area contributed by atoms with Gasteiger partial charge in [0.2, 0.25) is 11.8 Å². The second-order valence-corrected chi connectivity index (χ2v) is 6.21. The molecular formula is C18H20N4O4. The lowest BCUT2D eigenvalue weighted by atomic mass is 10.1. The number of carbonyl (C=O) groups excluding carboxylic acids is 2. The highest BCUT2D eigenvalue weighted by Gasteiger charge is 2.35. The molecule has 0 unspecified atom stereocenters. The third kappa shape index (κ3) is 3.90. The molecule has 0 saturated carbocycles. The first-order valence-electron chi connectivity index (χ1n) is 8.41. The van der Waals surface area contributed by atoms with E-state index in [1.54, 1.807) is 4.90 Å². The first kappa shape index (κ1) is 17.7. The Labute approximate surface area is 150 Å². The number of hydrogen-bond acceptors (Lipinski definition) is 4. The maximum atomic E-state index is 12.4. The number of nitrogens with one attached hydrogen (secondary N) is 1. The Hall–Kier alpha value is -3.16. The van der Waals surface area contributed by atoms with E-state index in [0.717, 1.165) is 12.1 Å². The van der Waals surface area contributed by atoms with Gasteiger partial charge in [0.1, 0.15) is 6.54 Å². The van der Waals surface area contributed by atoms with Gasteiger partial charge in [-0.3, -0.25) is 19.1 Å². The number of carboxylic acid groups (broad SMARTS) is 1. The van der Waals surface area contributed by atoms with Gasteiger partial charge in [0.25, 0.3) is 0 Å². The average Bonchev–Trinajstić information content (AvgIpc) is 3.21. The maximum Gasteiger partial charge on any atom is 0.325 e. The molecule has 1 atom stereocenters. The number of aryl methyl sites for hydroxylation is 1. The lowest BCUT2D eigenvalue weighted by Gasteiger charge is -2.17. The number of amides is 2. The van der Waals surface area contributed by atoms with Crippen LogP contribution in [0.15, 0.2) is 36.5 Å². The fourth-order valence-electron chi connectivity index (χ4n) is 2.93. The van der Waals surface area contributed by atoms with Crippen molar-refractivity contribution in [2.24, 2.45) is 5.92 Å². The monoisotopic (exact) mass is 356 g/mol. The molecule has 8 nitrogen and oxygen atoms in total. The van der Waals surface area contributed by atoms with Crippen molar-refractivity contribution in [2.45, 2.75) is 26.3 Å². The van der Waals surface area contributed by atoms with Crippen molar-refractivity contribution in [3.8, 4) is 0 Å². The van der Waals surface area contributed by atoms with Gasteiger partial charge in [-0.15, -0.1) is 0 Å². The lowest BCUT2D eigenvalue weighted by molar-refractivity contribution is -0.137. The summed E-state index contributed by atoms with van der Waals surface area (Å²) in [4.78, 5) is 37.0. The van der Waals surface area contributed by atoms with Crippen LogP contribution in [0.1, 0.15) is 18.9 Å². The van der Waals surface area contributed by atoms with E-state index in [1.165, 1.54) is 22.5 Å². The Bertz CT molecular complexity index is 828. The molecule has 0 aliphatic carbocycles.